The van der Waals surface area contributed by atoms with Crippen LogP contribution in [0.5, 0.6) is 0 Å². The van der Waals surface area contributed by atoms with Gasteiger partial charge in [-0.15, -0.1) is 0 Å². The van der Waals surface area contributed by atoms with Crippen molar-refractivity contribution in [2.45, 2.75) is 5.41 Å². The Kier molecular flexibility index (Phi) is 3.47. The molecule has 2 aromatic carbocycles. The van der Waals surface area contributed by atoms with Gasteiger partial charge >= 0.3 is 5.69 Å². The Bertz CT molecular complexity index is 1510. The molecule has 1 aliphatic carbocycles. The molecule has 0 fully saturated rings. The molecule has 3 heterocycles. The molecule has 1 atom stereocenters. The SMILES string of the molecule is Cn1c2c(c(=O)n(C)c1=O)C1(CNc3ccc(Br)cc31)C1=C(N2)c2ccccc2C1=O. The number of Topliss-reactive ketones (excluding diaryl/α,β-unsaturated/α-hetero) is 1. The Morgan fingerprint density at radius 2 is 1.74 bits per heavy atom. The standard InChI is InChI=1S/C23H17BrN4O3/c1-27-20-17(21(30)28(2)22(27)31)23(10-25-15-8-7-11(24)9-14(15)23)16-18(26-20)12-5-3-4-6-13(12)19(16)29/h3-9,25-26H,10H2,1-2H3. The van der Waals surface area contributed by atoms with Gasteiger partial charge in [-0.1, -0.05) is 40.2 Å². The molecule has 154 valence electrons. The number of rotatable bonds is 0. The van der Waals surface area contributed by atoms with Gasteiger partial charge < -0.3 is 10.6 Å². The quantitative estimate of drug-likeness (QED) is 0.520. The van der Waals surface area contributed by atoms with Crippen molar-refractivity contribution in [3.05, 3.63) is 95.6 Å². The lowest BCUT2D eigenvalue weighted by molar-refractivity contribution is 0.102. The van der Waals surface area contributed by atoms with Crippen LogP contribution in [0.25, 0.3) is 5.70 Å². The van der Waals surface area contributed by atoms with E-state index in [0.29, 0.717) is 34.8 Å². The van der Waals surface area contributed by atoms with Crippen LogP contribution < -0.4 is 21.9 Å². The highest BCUT2D eigenvalue weighted by Gasteiger charge is 2.56. The zero-order chi connectivity index (χ0) is 21.7. The van der Waals surface area contributed by atoms with Crippen LogP contribution in [-0.2, 0) is 19.5 Å². The van der Waals surface area contributed by atoms with Gasteiger partial charge in [-0.05, 0) is 23.8 Å². The number of ketones is 1. The fourth-order valence-electron chi connectivity index (χ4n) is 5.23. The van der Waals surface area contributed by atoms with E-state index in [-0.39, 0.29) is 5.78 Å². The molecule has 0 saturated carbocycles. The number of nitrogens with one attached hydrogen (secondary N) is 2. The summed E-state index contributed by atoms with van der Waals surface area (Å²) in [7, 11) is 3.11. The molecule has 2 aliphatic heterocycles. The van der Waals surface area contributed by atoms with Gasteiger partial charge in [0.25, 0.3) is 5.56 Å². The second-order valence-electron chi connectivity index (χ2n) is 8.13. The summed E-state index contributed by atoms with van der Waals surface area (Å²) in [5.41, 5.74) is 2.83. The number of benzene rings is 2. The fraction of sp³-hybridized carbons (Fsp3) is 0.174. The largest absolute Gasteiger partial charge is 0.383 e. The number of carbonyl (C=O) groups excluding carboxylic acids is 1. The number of carbonyl (C=O) groups is 1. The summed E-state index contributed by atoms with van der Waals surface area (Å²) in [6.07, 6.45) is 0. The zero-order valence-electron chi connectivity index (χ0n) is 16.7. The van der Waals surface area contributed by atoms with Crippen molar-refractivity contribution >= 4 is 38.9 Å². The third-order valence-electron chi connectivity index (χ3n) is 6.67. The summed E-state index contributed by atoms with van der Waals surface area (Å²) >= 11 is 3.55. The Labute approximate surface area is 185 Å². The number of hydrogen-bond donors (Lipinski definition) is 2. The smallest absolute Gasteiger partial charge is 0.332 e. The first-order valence-electron chi connectivity index (χ1n) is 9.86. The van der Waals surface area contributed by atoms with Gasteiger partial charge in [0, 0.05) is 47.5 Å². The fourth-order valence-corrected chi connectivity index (χ4v) is 5.59. The van der Waals surface area contributed by atoms with Crippen molar-refractivity contribution in [2.24, 2.45) is 14.1 Å². The van der Waals surface area contributed by atoms with E-state index < -0.39 is 16.7 Å². The predicted molar refractivity (Wildman–Crippen MR) is 122 cm³/mol. The van der Waals surface area contributed by atoms with Gasteiger partial charge in [0.1, 0.15) is 5.82 Å². The number of hydrogen-bond acceptors (Lipinski definition) is 5. The minimum absolute atomic E-state index is 0.103. The van der Waals surface area contributed by atoms with Gasteiger partial charge in [-0.3, -0.25) is 18.7 Å². The molecule has 3 aromatic rings. The van der Waals surface area contributed by atoms with Gasteiger partial charge in [0.2, 0.25) is 0 Å². The van der Waals surface area contributed by atoms with Crippen molar-refractivity contribution in [1.82, 2.24) is 9.13 Å². The lowest BCUT2D eigenvalue weighted by atomic mass is 9.68. The molecule has 8 heteroatoms. The second kappa shape index (κ2) is 5.85. The number of fused-ring (bicyclic) bond motifs is 7. The van der Waals surface area contributed by atoms with Crippen LogP contribution in [0.3, 0.4) is 0 Å². The van der Waals surface area contributed by atoms with Crippen LogP contribution in [0.1, 0.15) is 27.0 Å². The Morgan fingerprint density at radius 3 is 2.52 bits per heavy atom. The van der Waals surface area contributed by atoms with Gasteiger partial charge in [-0.25, -0.2) is 4.79 Å². The maximum absolute atomic E-state index is 13.7. The van der Waals surface area contributed by atoms with Crippen molar-refractivity contribution in [1.29, 1.82) is 0 Å². The first-order valence-corrected chi connectivity index (χ1v) is 10.7. The van der Waals surface area contributed by atoms with Crippen molar-refractivity contribution in [3.8, 4) is 0 Å². The highest BCUT2D eigenvalue weighted by atomic mass is 79.9. The van der Waals surface area contributed by atoms with Crippen LogP contribution in [-0.4, -0.2) is 21.5 Å². The molecule has 31 heavy (non-hydrogen) atoms. The molecule has 7 nitrogen and oxygen atoms in total. The average Bonchev–Trinajstić information content (AvgIpc) is 3.27. The molecular formula is C23H17BrN4O3. The van der Waals surface area contributed by atoms with Crippen LogP contribution in [0.15, 0.2) is 62.1 Å². The molecule has 0 bridgehead atoms. The highest BCUT2D eigenvalue weighted by Crippen LogP contribution is 2.55. The number of halogens is 1. The Hall–Kier alpha value is -3.39. The third-order valence-corrected chi connectivity index (χ3v) is 7.16. The van der Waals surface area contributed by atoms with Gasteiger partial charge in [0.15, 0.2) is 5.78 Å². The lowest BCUT2D eigenvalue weighted by Gasteiger charge is -2.37. The number of aromatic nitrogens is 2. The molecule has 2 N–H and O–H groups in total. The Morgan fingerprint density at radius 1 is 1.00 bits per heavy atom. The van der Waals surface area contributed by atoms with E-state index in [2.05, 4.69) is 26.6 Å². The second-order valence-corrected chi connectivity index (χ2v) is 9.04. The summed E-state index contributed by atoms with van der Waals surface area (Å²) in [5, 5.41) is 6.69. The maximum atomic E-state index is 13.7. The molecule has 0 radical (unpaired) electrons. The van der Waals surface area contributed by atoms with Crippen molar-refractivity contribution in [2.75, 3.05) is 17.2 Å². The third kappa shape index (κ3) is 2.05. The first kappa shape index (κ1) is 18.4. The van der Waals surface area contributed by atoms with Crippen LogP contribution in [0.4, 0.5) is 11.5 Å². The summed E-state index contributed by atoms with van der Waals surface area (Å²) in [6.45, 7) is 0.347. The summed E-state index contributed by atoms with van der Waals surface area (Å²) < 4.78 is 3.40. The Balaban J connectivity index is 1.82. The van der Waals surface area contributed by atoms with Crippen LogP contribution >= 0.6 is 15.9 Å². The minimum Gasteiger partial charge on any atom is -0.383 e. The molecule has 0 amide bonds. The van der Waals surface area contributed by atoms with Gasteiger partial charge in [0.05, 0.1) is 16.7 Å². The van der Waals surface area contributed by atoms with Gasteiger partial charge in [-0.2, -0.15) is 0 Å². The summed E-state index contributed by atoms with van der Waals surface area (Å²) in [6, 6.07) is 13.2. The molecular weight excluding hydrogens is 460 g/mol. The lowest BCUT2D eigenvalue weighted by Crippen LogP contribution is -2.50. The average molecular weight is 477 g/mol. The van der Waals surface area contributed by atoms with E-state index in [4.69, 9.17) is 0 Å². The zero-order valence-corrected chi connectivity index (χ0v) is 18.3. The van der Waals surface area contributed by atoms with E-state index in [0.717, 1.165) is 25.9 Å². The first-order chi connectivity index (χ1) is 14.9. The van der Waals surface area contributed by atoms with E-state index in [1.54, 1.807) is 13.1 Å². The van der Waals surface area contributed by atoms with E-state index in [1.165, 1.54) is 11.6 Å². The van der Waals surface area contributed by atoms with Crippen LogP contribution in [0, 0.1) is 0 Å². The predicted octanol–water partition coefficient (Wildman–Crippen LogP) is 2.59. The summed E-state index contributed by atoms with van der Waals surface area (Å²) in [5.74, 6) is 0.320. The van der Waals surface area contributed by atoms with E-state index in [9.17, 15) is 14.4 Å². The van der Waals surface area contributed by atoms with Crippen molar-refractivity contribution in [3.63, 3.8) is 0 Å². The maximum Gasteiger partial charge on any atom is 0.332 e. The van der Waals surface area contributed by atoms with E-state index >= 15 is 0 Å². The molecule has 1 spiro atoms. The molecule has 6 rings (SSSR count). The topological polar surface area (TPSA) is 85.1 Å². The molecule has 0 saturated heterocycles. The van der Waals surface area contributed by atoms with Crippen molar-refractivity contribution < 1.29 is 4.79 Å². The summed E-state index contributed by atoms with van der Waals surface area (Å²) in [4.78, 5) is 40.0. The molecule has 1 unspecified atom stereocenters. The number of nitrogens with zero attached hydrogens (tertiary/aromatic N) is 2. The minimum atomic E-state index is -1.02. The highest BCUT2D eigenvalue weighted by molar-refractivity contribution is 9.10. The molecule has 1 aromatic heterocycles. The van der Waals surface area contributed by atoms with E-state index in [1.807, 2.05) is 36.4 Å². The van der Waals surface area contributed by atoms with Crippen LogP contribution in [0.2, 0.25) is 0 Å². The number of anilines is 2. The normalized spacial score (nSPS) is 20.2. The monoisotopic (exact) mass is 476 g/mol. The molecule has 3 aliphatic rings.